The normalized spacial score (nSPS) is 10.7. The predicted octanol–water partition coefficient (Wildman–Crippen LogP) is 11.1. The van der Waals surface area contributed by atoms with Crippen LogP contribution in [-0.4, -0.2) is 5.78 Å². The van der Waals surface area contributed by atoms with Crippen molar-refractivity contribution in [3.05, 3.63) is 167 Å². The first-order chi connectivity index (χ1) is 20.6. The molecule has 0 unspecified atom stereocenters. The van der Waals surface area contributed by atoms with Crippen LogP contribution in [0.2, 0.25) is 10.0 Å². The third-order valence-corrected chi connectivity index (χ3v) is 7.59. The van der Waals surface area contributed by atoms with Crippen LogP contribution in [0.4, 0.5) is 0 Å². The van der Waals surface area contributed by atoms with E-state index >= 15 is 0 Å². The second kappa shape index (κ2) is 12.4. The third-order valence-electron chi connectivity index (χ3n) is 6.78. The standard InChI is InChI=1S/C37H24Cl2O3/c38-35-31(25-17-21-29(22-18-25)41-27-9-3-1-4-10-27)13-7-15-33(35)37(40)34-16-8-14-32(36(34)39)26-19-23-30(24-20-26)42-28-11-5-2-6-12-28/h1-24H. The Morgan fingerprint density at radius 2 is 0.762 bits per heavy atom. The van der Waals surface area contributed by atoms with E-state index in [2.05, 4.69) is 0 Å². The van der Waals surface area contributed by atoms with Crippen LogP contribution in [0.25, 0.3) is 22.3 Å². The Kier molecular flexibility index (Phi) is 8.05. The fraction of sp³-hybridized carbons (Fsp3) is 0. The second-order valence-corrected chi connectivity index (χ2v) is 10.3. The number of carbonyl (C=O) groups excluding carboxylic acids is 1. The molecule has 0 saturated heterocycles. The van der Waals surface area contributed by atoms with E-state index in [-0.39, 0.29) is 5.78 Å². The van der Waals surface area contributed by atoms with Gasteiger partial charge in [0.2, 0.25) is 0 Å². The molecule has 0 bridgehead atoms. The van der Waals surface area contributed by atoms with Crippen LogP contribution in [0.5, 0.6) is 23.0 Å². The maximum absolute atomic E-state index is 13.8. The Morgan fingerprint density at radius 3 is 1.14 bits per heavy atom. The van der Waals surface area contributed by atoms with Crippen LogP contribution in [-0.2, 0) is 0 Å². The highest BCUT2D eigenvalue weighted by Crippen LogP contribution is 2.37. The minimum absolute atomic E-state index is 0.248. The summed E-state index contributed by atoms with van der Waals surface area (Å²) in [5, 5.41) is 0.728. The van der Waals surface area contributed by atoms with E-state index in [4.69, 9.17) is 32.7 Å². The first-order valence-corrected chi connectivity index (χ1v) is 14.1. The number of ether oxygens (including phenoxy) is 2. The molecule has 0 radical (unpaired) electrons. The Balaban J connectivity index is 1.24. The molecule has 6 aromatic carbocycles. The molecule has 5 heteroatoms. The van der Waals surface area contributed by atoms with Gasteiger partial charge in [0.15, 0.2) is 5.78 Å². The maximum atomic E-state index is 13.8. The van der Waals surface area contributed by atoms with E-state index in [1.165, 1.54) is 0 Å². The third kappa shape index (κ3) is 5.94. The molecule has 6 aromatic rings. The first-order valence-electron chi connectivity index (χ1n) is 13.4. The molecule has 42 heavy (non-hydrogen) atoms. The fourth-order valence-electron chi connectivity index (χ4n) is 4.66. The SMILES string of the molecule is O=C(c1cccc(-c2ccc(Oc3ccccc3)cc2)c1Cl)c1cccc(-c2ccc(Oc3ccccc3)cc2)c1Cl. The van der Waals surface area contributed by atoms with Gasteiger partial charge in [-0.2, -0.15) is 0 Å². The molecular formula is C37H24Cl2O3. The lowest BCUT2D eigenvalue weighted by molar-refractivity contribution is 0.103. The fourth-order valence-corrected chi connectivity index (χ4v) is 5.30. The van der Waals surface area contributed by atoms with Crippen molar-refractivity contribution in [2.45, 2.75) is 0 Å². The van der Waals surface area contributed by atoms with Gasteiger partial charge in [0.05, 0.1) is 10.0 Å². The van der Waals surface area contributed by atoms with Crippen LogP contribution in [0.3, 0.4) is 0 Å². The van der Waals surface area contributed by atoms with Gasteiger partial charge < -0.3 is 9.47 Å². The van der Waals surface area contributed by atoms with Gasteiger partial charge in [0.25, 0.3) is 0 Å². The summed E-state index contributed by atoms with van der Waals surface area (Å²) in [5.74, 6) is 2.67. The Bertz CT molecular complexity index is 1700. The number of halogens is 2. The van der Waals surface area contributed by atoms with Gasteiger partial charge in [-0.15, -0.1) is 0 Å². The van der Waals surface area contributed by atoms with Crippen LogP contribution in [0.15, 0.2) is 146 Å². The summed E-state index contributed by atoms with van der Waals surface area (Å²) in [6, 6.07) is 45.2. The first kappa shape index (κ1) is 27.3. The summed E-state index contributed by atoms with van der Waals surface area (Å²) < 4.78 is 11.8. The van der Waals surface area contributed by atoms with Crippen LogP contribution >= 0.6 is 23.2 Å². The zero-order valence-corrected chi connectivity index (χ0v) is 23.8. The van der Waals surface area contributed by atoms with Crippen molar-refractivity contribution in [1.82, 2.24) is 0 Å². The van der Waals surface area contributed by atoms with Crippen molar-refractivity contribution in [3.63, 3.8) is 0 Å². The largest absolute Gasteiger partial charge is 0.457 e. The Labute approximate surface area is 254 Å². The smallest absolute Gasteiger partial charge is 0.196 e. The highest BCUT2D eigenvalue weighted by molar-refractivity contribution is 6.40. The molecule has 0 spiro atoms. The summed E-state index contributed by atoms with van der Waals surface area (Å²) in [4.78, 5) is 13.8. The maximum Gasteiger partial charge on any atom is 0.196 e. The topological polar surface area (TPSA) is 35.5 Å². The minimum Gasteiger partial charge on any atom is -0.457 e. The van der Waals surface area contributed by atoms with Crippen LogP contribution in [0.1, 0.15) is 15.9 Å². The van der Waals surface area contributed by atoms with Gasteiger partial charge >= 0.3 is 0 Å². The molecule has 0 aliphatic carbocycles. The summed E-state index contributed by atoms with van der Waals surface area (Å²) in [7, 11) is 0. The number of rotatable bonds is 8. The molecule has 0 aliphatic rings. The molecule has 0 heterocycles. The number of carbonyl (C=O) groups is 1. The zero-order valence-electron chi connectivity index (χ0n) is 22.3. The molecule has 0 aliphatic heterocycles. The molecular weight excluding hydrogens is 563 g/mol. The molecule has 3 nitrogen and oxygen atoms in total. The molecule has 204 valence electrons. The van der Waals surface area contributed by atoms with Crippen LogP contribution in [0, 0.1) is 0 Å². The van der Waals surface area contributed by atoms with Gasteiger partial charge in [-0.05, 0) is 71.8 Å². The van der Waals surface area contributed by atoms with E-state index in [1.54, 1.807) is 12.1 Å². The second-order valence-electron chi connectivity index (χ2n) is 9.54. The van der Waals surface area contributed by atoms with Crippen molar-refractivity contribution < 1.29 is 14.3 Å². The van der Waals surface area contributed by atoms with Crippen molar-refractivity contribution in [3.8, 4) is 45.3 Å². The Morgan fingerprint density at radius 1 is 0.405 bits per heavy atom. The summed E-state index contributed by atoms with van der Waals surface area (Å²) in [6.07, 6.45) is 0. The van der Waals surface area contributed by atoms with Crippen molar-refractivity contribution in [1.29, 1.82) is 0 Å². The lowest BCUT2D eigenvalue weighted by atomic mass is 9.95. The van der Waals surface area contributed by atoms with Gasteiger partial charge in [-0.1, -0.05) is 108 Å². The highest BCUT2D eigenvalue weighted by Gasteiger charge is 2.20. The van der Waals surface area contributed by atoms with E-state index in [1.807, 2.05) is 133 Å². The quantitative estimate of drug-likeness (QED) is 0.166. The van der Waals surface area contributed by atoms with E-state index in [0.717, 1.165) is 33.8 Å². The molecule has 6 rings (SSSR count). The number of para-hydroxylation sites is 2. The summed E-state index contributed by atoms with van der Waals surface area (Å²) in [6.45, 7) is 0. The van der Waals surface area contributed by atoms with E-state index in [0.29, 0.717) is 32.7 Å². The number of benzene rings is 6. The van der Waals surface area contributed by atoms with Crippen molar-refractivity contribution in [2.75, 3.05) is 0 Å². The lowest BCUT2D eigenvalue weighted by Crippen LogP contribution is -2.04. The molecule has 0 N–H and O–H groups in total. The highest BCUT2D eigenvalue weighted by atomic mass is 35.5. The van der Waals surface area contributed by atoms with Crippen molar-refractivity contribution in [2.24, 2.45) is 0 Å². The summed E-state index contributed by atoms with van der Waals surface area (Å²) >= 11 is 13.7. The monoisotopic (exact) mass is 586 g/mol. The van der Waals surface area contributed by atoms with E-state index in [9.17, 15) is 4.79 Å². The summed E-state index contributed by atoms with van der Waals surface area (Å²) in [5.41, 5.74) is 3.99. The number of ketones is 1. The predicted molar refractivity (Wildman–Crippen MR) is 170 cm³/mol. The molecule has 0 amide bonds. The zero-order chi connectivity index (χ0) is 28.9. The van der Waals surface area contributed by atoms with E-state index < -0.39 is 0 Å². The van der Waals surface area contributed by atoms with Gasteiger partial charge in [0.1, 0.15) is 23.0 Å². The average Bonchev–Trinajstić information content (AvgIpc) is 3.03. The Hall–Kier alpha value is -4.83. The van der Waals surface area contributed by atoms with Gasteiger partial charge in [0, 0.05) is 22.3 Å². The van der Waals surface area contributed by atoms with Gasteiger partial charge in [-0.25, -0.2) is 0 Å². The van der Waals surface area contributed by atoms with Crippen molar-refractivity contribution >= 4 is 29.0 Å². The number of hydrogen-bond acceptors (Lipinski definition) is 3. The molecule has 0 aromatic heterocycles. The molecule has 0 atom stereocenters. The van der Waals surface area contributed by atoms with Crippen LogP contribution < -0.4 is 9.47 Å². The molecule has 0 saturated carbocycles. The van der Waals surface area contributed by atoms with Gasteiger partial charge in [-0.3, -0.25) is 4.79 Å². The molecule has 0 fully saturated rings. The minimum atomic E-state index is -0.248. The lowest BCUT2D eigenvalue weighted by Gasteiger charge is -2.13. The number of hydrogen-bond donors (Lipinski definition) is 0. The average molecular weight is 588 g/mol.